The fraction of sp³-hybridized carbons (Fsp3) is 0.611. The summed E-state index contributed by atoms with van der Waals surface area (Å²) in [5, 5.41) is 0. The largest absolute Gasteiger partial charge is 0.450 e. The van der Waals surface area contributed by atoms with E-state index in [0.29, 0.717) is 6.61 Å². The van der Waals surface area contributed by atoms with Gasteiger partial charge in [-0.15, -0.1) is 0 Å². The zero-order valence-corrected chi connectivity index (χ0v) is 14.2. The van der Waals surface area contributed by atoms with Gasteiger partial charge in [-0.2, -0.15) is 0 Å². The monoisotopic (exact) mass is 291 g/mol. The lowest BCUT2D eigenvalue weighted by atomic mass is 9.79. The molecular weight excluding hydrogens is 262 g/mol. The van der Waals surface area contributed by atoms with Crippen LogP contribution in [0, 0.1) is 0 Å². The number of amides is 1. The molecule has 1 rings (SSSR count). The summed E-state index contributed by atoms with van der Waals surface area (Å²) in [6.07, 6.45) is 0.981. The average molecular weight is 291 g/mol. The van der Waals surface area contributed by atoms with Gasteiger partial charge < -0.3 is 10.5 Å². The van der Waals surface area contributed by atoms with E-state index < -0.39 is 6.09 Å². The van der Waals surface area contributed by atoms with E-state index in [9.17, 15) is 4.79 Å². The van der Waals surface area contributed by atoms with Crippen molar-refractivity contribution in [2.24, 2.45) is 5.73 Å². The van der Waals surface area contributed by atoms with Crippen molar-refractivity contribution in [3.63, 3.8) is 0 Å². The highest BCUT2D eigenvalue weighted by Gasteiger charge is 2.20. The van der Waals surface area contributed by atoms with Crippen LogP contribution in [0.2, 0.25) is 0 Å². The number of ether oxygens (including phenoxy) is 1. The highest BCUT2D eigenvalue weighted by Crippen LogP contribution is 2.30. The van der Waals surface area contributed by atoms with Crippen molar-refractivity contribution in [2.75, 3.05) is 6.61 Å². The van der Waals surface area contributed by atoms with Gasteiger partial charge in [-0.1, -0.05) is 59.7 Å². The predicted molar refractivity (Wildman–Crippen MR) is 87.7 cm³/mol. The summed E-state index contributed by atoms with van der Waals surface area (Å²) in [5.74, 6) is 0. The number of nitrogens with two attached hydrogens (primary N) is 1. The van der Waals surface area contributed by atoms with Gasteiger partial charge in [0.25, 0.3) is 0 Å². The Kier molecular flexibility index (Phi) is 5.43. The Labute approximate surface area is 128 Å². The summed E-state index contributed by atoms with van der Waals surface area (Å²) < 4.78 is 4.80. The van der Waals surface area contributed by atoms with Gasteiger partial charge in [-0.25, -0.2) is 4.79 Å². The Morgan fingerprint density at radius 1 is 1.00 bits per heavy atom. The fourth-order valence-corrected chi connectivity index (χ4v) is 2.15. The lowest BCUT2D eigenvalue weighted by Crippen LogP contribution is -2.17. The number of benzene rings is 1. The molecule has 0 bridgehead atoms. The molecule has 0 saturated heterocycles. The molecule has 0 aliphatic carbocycles. The van der Waals surface area contributed by atoms with Gasteiger partial charge in [-0.3, -0.25) is 0 Å². The molecule has 0 aliphatic heterocycles. The second kappa shape index (κ2) is 6.50. The molecule has 3 heteroatoms. The number of aryl methyl sites for hydroxylation is 1. The van der Waals surface area contributed by atoms with E-state index >= 15 is 0 Å². The summed E-state index contributed by atoms with van der Waals surface area (Å²) >= 11 is 0. The molecule has 1 aromatic rings. The number of primary amides is 1. The molecule has 0 heterocycles. The van der Waals surface area contributed by atoms with E-state index in [1.807, 2.05) is 0 Å². The van der Waals surface area contributed by atoms with E-state index in [1.54, 1.807) is 0 Å². The van der Waals surface area contributed by atoms with Crippen LogP contribution in [0.3, 0.4) is 0 Å². The average Bonchev–Trinajstić information content (AvgIpc) is 2.32. The van der Waals surface area contributed by atoms with Gasteiger partial charge in [-0.05, 0) is 40.4 Å². The van der Waals surface area contributed by atoms with Crippen molar-refractivity contribution in [3.05, 3.63) is 34.9 Å². The number of carbonyl (C=O) groups is 1. The third kappa shape index (κ3) is 5.78. The Hall–Kier alpha value is -1.51. The van der Waals surface area contributed by atoms with Gasteiger partial charge in [0.05, 0.1) is 6.61 Å². The van der Waals surface area contributed by atoms with E-state index in [2.05, 4.69) is 59.7 Å². The number of hydrogen-bond acceptors (Lipinski definition) is 2. The van der Waals surface area contributed by atoms with Crippen molar-refractivity contribution in [1.29, 1.82) is 0 Å². The summed E-state index contributed by atoms with van der Waals surface area (Å²) in [5.41, 5.74) is 9.21. The van der Waals surface area contributed by atoms with Crippen LogP contribution in [-0.4, -0.2) is 12.7 Å². The molecule has 0 aromatic heterocycles. The maximum Gasteiger partial charge on any atom is 0.404 e. The zero-order chi connectivity index (χ0) is 16.3. The Morgan fingerprint density at radius 2 is 1.48 bits per heavy atom. The van der Waals surface area contributed by atoms with E-state index in [-0.39, 0.29) is 10.8 Å². The molecule has 0 unspecified atom stereocenters. The highest BCUT2D eigenvalue weighted by molar-refractivity contribution is 5.64. The number of hydrogen-bond donors (Lipinski definition) is 1. The molecule has 3 nitrogen and oxygen atoms in total. The second-order valence-electron chi connectivity index (χ2n) is 7.69. The topological polar surface area (TPSA) is 52.3 Å². The molecule has 118 valence electrons. The van der Waals surface area contributed by atoms with E-state index in [1.165, 1.54) is 16.7 Å². The van der Waals surface area contributed by atoms with Crippen LogP contribution in [0.1, 0.15) is 64.7 Å². The van der Waals surface area contributed by atoms with Crippen molar-refractivity contribution >= 4 is 6.09 Å². The quantitative estimate of drug-likeness (QED) is 0.840. The predicted octanol–water partition coefficient (Wildman–Crippen LogP) is 4.31. The van der Waals surface area contributed by atoms with Gasteiger partial charge in [0.15, 0.2) is 0 Å². The number of carbonyl (C=O) groups excluding carboxylic acids is 1. The fourth-order valence-electron chi connectivity index (χ4n) is 2.15. The standard InChI is InChI=1S/C18H29NO2/c1-17(2,3)14-10-13(8-7-9-21-16(19)20)11-15(12-14)18(4,5)6/h10-12H,7-9H2,1-6H3,(H2,19,20). The Morgan fingerprint density at radius 3 is 1.86 bits per heavy atom. The molecule has 0 fully saturated rings. The summed E-state index contributed by atoms with van der Waals surface area (Å²) in [6, 6.07) is 6.84. The summed E-state index contributed by atoms with van der Waals surface area (Å²) in [6.45, 7) is 13.8. The molecule has 0 radical (unpaired) electrons. The van der Waals surface area contributed by atoms with Gasteiger partial charge >= 0.3 is 6.09 Å². The molecule has 0 spiro atoms. The minimum absolute atomic E-state index is 0.125. The maximum absolute atomic E-state index is 10.6. The first-order chi connectivity index (χ1) is 9.50. The van der Waals surface area contributed by atoms with E-state index in [4.69, 9.17) is 10.5 Å². The molecule has 1 amide bonds. The summed E-state index contributed by atoms with van der Waals surface area (Å²) in [7, 11) is 0. The minimum atomic E-state index is -0.700. The Bertz CT molecular complexity index is 461. The van der Waals surface area contributed by atoms with Crippen molar-refractivity contribution in [1.82, 2.24) is 0 Å². The Balaban J connectivity index is 2.95. The van der Waals surface area contributed by atoms with Gasteiger partial charge in [0, 0.05) is 0 Å². The summed E-state index contributed by atoms with van der Waals surface area (Å²) in [4.78, 5) is 10.6. The smallest absolute Gasteiger partial charge is 0.404 e. The highest BCUT2D eigenvalue weighted by atomic mass is 16.5. The van der Waals surface area contributed by atoms with Crippen molar-refractivity contribution in [3.8, 4) is 0 Å². The first-order valence-electron chi connectivity index (χ1n) is 7.57. The molecule has 0 aliphatic rings. The molecule has 21 heavy (non-hydrogen) atoms. The van der Waals surface area contributed by atoms with Gasteiger partial charge in [0.2, 0.25) is 0 Å². The number of rotatable bonds is 4. The van der Waals surface area contributed by atoms with Crippen LogP contribution in [-0.2, 0) is 22.0 Å². The maximum atomic E-state index is 10.6. The molecule has 1 aromatic carbocycles. The van der Waals surface area contributed by atoms with Crippen LogP contribution in [0.15, 0.2) is 18.2 Å². The van der Waals surface area contributed by atoms with Crippen LogP contribution in [0.4, 0.5) is 4.79 Å². The van der Waals surface area contributed by atoms with Crippen LogP contribution in [0.25, 0.3) is 0 Å². The second-order valence-corrected chi connectivity index (χ2v) is 7.69. The van der Waals surface area contributed by atoms with E-state index in [0.717, 1.165) is 12.8 Å². The first kappa shape index (κ1) is 17.5. The first-order valence-corrected chi connectivity index (χ1v) is 7.57. The van der Waals surface area contributed by atoms with Crippen LogP contribution >= 0.6 is 0 Å². The van der Waals surface area contributed by atoms with Crippen LogP contribution < -0.4 is 5.73 Å². The van der Waals surface area contributed by atoms with Gasteiger partial charge in [0.1, 0.15) is 0 Å². The van der Waals surface area contributed by atoms with Crippen molar-refractivity contribution < 1.29 is 9.53 Å². The third-order valence-electron chi connectivity index (χ3n) is 3.58. The lowest BCUT2D eigenvalue weighted by molar-refractivity contribution is 0.155. The molecule has 0 atom stereocenters. The molecule has 2 N–H and O–H groups in total. The SMILES string of the molecule is CC(C)(C)c1cc(CCCOC(N)=O)cc(C(C)(C)C)c1. The van der Waals surface area contributed by atoms with Crippen molar-refractivity contribution in [2.45, 2.75) is 65.2 Å². The third-order valence-corrected chi connectivity index (χ3v) is 3.58. The van der Waals surface area contributed by atoms with Crippen LogP contribution in [0.5, 0.6) is 0 Å². The lowest BCUT2D eigenvalue weighted by Gasteiger charge is -2.26. The zero-order valence-electron chi connectivity index (χ0n) is 14.2. The molecular formula is C18H29NO2. The minimum Gasteiger partial charge on any atom is -0.450 e. The normalized spacial score (nSPS) is 12.3. The molecule has 0 saturated carbocycles.